The molecule has 0 aliphatic heterocycles. The van der Waals surface area contributed by atoms with E-state index in [9.17, 15) is 18.0 Å². The Morgan fingerprint density at radius 2 is 1.55 bits per heavy atom. The topological polar surface area (TPSA) is 86.8 Å². The van der Waals surface area contributed by atoms with Gasteiger partial charge in [0.05, 0.1) is 22.0 Å². The molecule has 0 aliphatic carbocycles. The number of halogens is 2. The van der Waals surface area contributed by atoms with Crippen LogP contribution in [0, 0.1) is 12.8 Å². The van der Waals surface area contributed by atoms with E-state index in [0.717, 1.165) is 27.3 Å². The highest BCUT2D eigenvalue weighted by atomic mass is 35.5. The molecule has 0 saturated heterocycles. The molecule has 0 aliphatic rings. The van der Waals surface area contributed by atoms with Crippen LogP contribution in [0.15, 0.2) is 72.8 Å². The molecule has 2 amide bonds. The van der Waals surface area contributed by atoms with Gasteiger partial charge in [-0.15, -0.1) is 0 Å². The SMILES string of the molecule is Cc1ccc(CN(C(=O)CN(c2ccc(Cl)c(Cl)c2)S(C)(=O)=O)C(Cc2ccccc2)C(=O)NCC(C)C)cc1. The highest BCUT2D eigenvalue weighted by Crippen LogP contribution is 2.29. The molecule has 40 heavy (non-hydrogen) atoms. The molecule has 3 aromatic rings. The Labute approximate surface area is 247 Å². The van der Waals surface area contributed by atoms with Gasteiger partial charge >= 0.3 is 0 Å². The van der Waals surface area contributed by atoms with Crippen molar-refractivity contribution in [2.45, 2.75) is 39.8 Å². The van der Waals surface area contributed by atoms with Crippen molar-refractivity contribution in [3.63, 3.8) is 0 Å². The fourth-order valence-electron chi connectivity index (χ4n) is 4.12. The summed E-state index contributed by atoms with van der Waals surface area (Å²) < 4.78 is 26.7. The molecule has 1 N–H and O–H groups in total. The number of rotatable bonds is 12. The second kappa shape index (κ2) is 14.0. The largest absolute Gasteiger partial charge is 0.354 e. The van der Waals surface area contributed by atoms with Crippen molar-refractivity contribution >= 4 is 50.7 Å². The third-order valence-electron chi connectivity index (χ3n) is 6.30. The summed E-state index contributed by atoms with van der Waals surface area (Å²) in [5.74, 6) is -0.630. The predicted octanol–water partition coefficient (Wildman–Crippen LogP) is 5.48. The molecule has 0 spiro atoms. The first-order valence-electron chi connectivity index (χ1n) is 12.9. The van der Waals surface area contributed by atoms with Gasteiger partial charge in [0.25, 0.3) is 0 Å². The van der Waals surface area contributed by atoms with Gasteiger partial charge in [-0.25, -0.2) is 8.42 Å². The van der Waals surface area contributed by atoms with Crippen LogP contribution < -0.4 is 9.62 Å². The quantitative estimate of drug-likeness (QED) is 0.297. The van der Waals surface area contributed by atoms with Gasteiger partial charge in [0, 0.05) is 19.5 Å². The second-order valence-electron chi connectivity index (χ2n) is 10.2. The van der Waals surface area contributed by atoms with E-state index in [0.29, 0.717) is 6.54 Å². The van der Waals surface area contributed by atoms with Crippen LogP contribution in [0.1, 0.15) is 30.5 Å². The van der Waals surface area contributed by atoms with E-state index in [1.165, 1.54) is 23.1 Å². The summed E-state index contributed by atoms with van der Waals surface area (Å²) in [7, 11) is -3.90. The van der Waals surface area contributed by atoms with E-state index in [2.05, 4.69) is 5.32 Å². The summed E-state index contributed by atoms with van der Waals surface area (Å²) in [6.07, 6.45) is 1.28. The number of nitrogens with one attached hydrogen (secondary N) is 1. The normalized spacial score (nSPS) is 12.2. The van der Waals surface area contributed by atoms with E-state index in [-0.39, 0.29) is 40.5 Å². The van der Waals surface area contributed by atoms with Gasteiger partial charge in [-0.2, -0.15) is 0 Å². The molecule has 0 fully saturated rings. The van der Waals surface area contributed by atoms with Crippen LogP contribution in [0.2, 0.25) is 10.0 Å². The van der Waals surface area contributed by atoms with Gasteiger partial charge in [-0.1, -0.05) is 97.2 Å². The molecule has 214 valence electrons. The lowest BCUT2D eigenvalue weighted by Gasteiger charge is -2.33. The van der Waals surface area contributed by atoms with Gasteiger partial charge in [0.1, 0.15) is 12.6 Å². The summed E-state index contributed by atoms with van der Waals surface area (Å²) in [5, 5.41) is 3.38. The Morgan fingerprint density at radius 1 is 0.900 bits per heavy atom. The highest BCUT2D eigenvalue weighted by Gasteiger charge is 2.33. The molecule has 0 heterocycles. The molecule has 1 atom stereocenters. The van der Waals surface area contributed by atoms with Crippen LogP contribution in [0.3, 0.4) is 0 Å². The minimum absolute atomic E-state index is 0.116. The summed E-state index contributed by atoms with van der Waals surface area (Å²) in [6.45, 7) is 5.98. The van der Waals surface area contributed by atoms with Gasteiger partial charge < -0.3 is 10.2 Å². The van der Waals surface area contributed by atoms with Gasteiger partial charge in [0.2, 0.25) is 21.8 Å². The Hall–Kier alpha value is -3.07. The molecule has 7 nitrogen and oxygen atoms in total. The van der Waals surface area contributed by atoms with Crippen molar-refractivity contribution in [1.82, 2.24) is 10.2 Å². The van der Waals surface area contributed by atoms with Gasteiger partial charge in [0.15, 0.2) is 0 Å². The van der Waals surface area contributed by atoms with Crippen molar-refractivity contribution in [3.8, 4) is 0 Å². The average Bonchev–Trinajstić information content (AvgIpc) is 2.90. The number of nitrogens with zero attached hydrogens (tertiary/aromatic N) is 2. The van der Waals surface area contributed by atoms with E-state index in [1.807, 2.05) is 75.4 Å². The van der Waals surface area contributed by atoms with Gasteiger partial charge in [-0.3, -0.25) is 13.9 Å². The maximum Gasteiger partial charge on any atom is 0.244 e. The predicted molar refractivity (Wildman–Crippen MR) is 162 cm³/mol. The standard InChI is InChI=1S/C30H35Cl2N3O4S/c1-21(2)18-33-30(37)28(16-23-8-6-5-7-9-23)34(19-24-12-10-22(3)11-13-24)29(36)20-35(40(4,38)39)25-14-15-26(31)27(32)17-25/h5-15,17,21,28H,16,18-20H2,1-4H3,(H,33,37). The summed E-state index contributed by atoms with van der Waals surface area (Å²) >= 11 is 12.2. The first-order valence-corrected chi connectivity index (χ1v) is 15.5. The van der Waals surface area contributed by atoms with Crippen molar-refractivity contribution in [1.29, 1.82) is 0 Å². The summed E-state index contributed by atoms with van der Waals surface area (Å²) in [6, 6.07) is 20.6. The molecule has 1 unspecified atom stereocenters. The average molecular weight is 605 g/mol. The minimum Gasteiger partial charge on any atom is -0.354 e. The molecule has 3 aromatic carbocycles. The van der Waals surface area contributed by atoms with E-state index in [1.54, 1.807) is 0 Å². The summed E-state index contributed by atoms with van der Waals surface area (Å²) in [4.78, 5) is 29.1. The number of anilines is 1. The highest BCUT2D eigenvalue weighted by molar-refractivity contribution is 7.92. The zero-order valence-electron chi connectivity index (χ0n) is 23.1. The minimum atomic E-state index is -3.90. The maximum absolute atomic E-state index is 14.1. The van der Waals surface area contributed by atoms with E-state index < -0.39 is 28.5 Å². The molecule has 0 aromatic heterocycles. The van der Waals surface area contributed by atoms with E-state index in [4.69, 9.17) is 23.2 Å². The van der Waals surface area contributed by atoms with Crippen molar-refractivity contribution < 1.29 is 18.0 Å². The number of hydrogen-bond acceptors (Lipinski definition) is 4. The number of carbonyl (C=O) groups is 2. The third kappa shape index (κ3) is 8.98. The Balaban J connectivity index is 2.05. The number of carbonyl (C=O) groups excluding carboxylic acids is 2. The number of benzene rings is 3. The molecule has 3 rings (SSSR count). The van der Waals surface area contributed by atoms with Gasteiger partial charge in [-0.05, 0) is 42.2 Å². The van der Waals surface area contributed by atoms with Crippen LogP contribution >= 0.6 is 23.2 Å². The monoisotopic (exact) mass is 603 g/mol. The third-order valence-corrected chi connectivity index (χ3v) is 8.18. The van der Waals surface area contributed by atoms with E-state index >= 15 is 0 Å². The maximum atomic E-state index is 14.1. The fourth-order valence-corrected chi connectivity index (χ4v) is 5.25. The number of aryl methyl sites for hydroxylation is 1. The zero-order valence-corrected chi connectivity index (χ0v) is 25.4. The Kier molecular flexibility index (Phi) is 11.0. The lowest BCUT2D eigenvalue weighted by Crippen LogP contribution is -2.53. The fraction of sp³-hybridized carbons (Fsp3) is 0.333. The van der Waals surface area contributed by atoms with Crippen LogP contribution in [-0.2, 0) is 32.6 Å². The number of sulfonamides is 1. The molecular weight excluding hydrogens is 569 g/mol. The number of amides is 2. The van der Waals surface area contributed by atoms with Crippen LogP contribution in [0.5, 0.6) is 0 Å². The smallest absolute Gasteiger partial charge is 0.244 e. The van der Waals surface area contributed by atoms with Crippen LogP contribution in [0.25, 0.3) is 0 Å². The zero-order chi connectivity index (χ0) is 29.4. The Bertz CT molecular complexity index is 1410. The summed E-state index contributed by atoms with van der Waals surface area (Å²) in [5.41, 5.74) is 2.94. The van der Waals surface area contributed by atoms with Crippen LogP contribution in [-0.4, -0.2) is 50.5 Å². The Morgan fingerprint density at radius 3 is 2.12 bits per heavy atom. The molecule has 0 bridgehead atoms. The van der Waals surface area contributed by atoms with Crippen molar-refractivity contribution in [2.24, 2.45) is 5.92 Å². The lowest BCUT2D eigenvalue weighted by molar-refractivity contribution is -0.140. The molecule has 0 saturated carbocycles. The molecule has 10 heteroatoms. The van der Waals surface area contributed by atoms with Crippen LogP contribution in [0.4, 0.5) is 5.69 Å². The molecule has 0 radical (unpaired) electrons. The second-order valence-corrected chi connectivity index (χ2v) is 12.9. The lowest BCUT2D eigenvalue weighted by atomic mass is 10.0. The number of hydrogen-bond donors (Lipinski definition) is 1. The molecular formula is C30H35Cl2N3O4S. The first-order chi connectivity index (χ1) is 18.8. The first kappa shape index (κ1) is 31.5. The van der Waals surface area contributed by atoms with Crippen molar-refractivity contribution in [3.05, 3.63) is 99.5 Å². The van der Waals surface area contributed by atoms with Crippen molar-refractivity contribution in [2.75, 3.05) is 23.7 Å².